The van der Waals surface area contributed by atoms with E-state index in [9.17, 15) is 19.1 Å². The Labute approximate surface area is 123 Å². The third-order valence-corrected chi connectivity index (χ3v) is 2.97. The minimum absolute atomic E-state index is 0.0137. The smallest absolute Gasteiger partial charge is 0.337 e. The van der Waals surface area contributed by atoms with E-state index >= 15 is 0 Å². The van der Waals surface area contributed by atoms with Crippen molar-refractivity contribution in [3.05, 3.63) is 58.4 Å². The van der Waals surface area contributed by atoms with E-state index in [1.165, 1.54) is 18.2 Å². The number of rotatable bonds is 3. The Morgan fingerprint density at radius 3 is 2.48 bits per heavy atom. The Hall–Kier alpha value is -2.60. The summed E-state index contributed by atoms with van der Waals surface area (Å²) in [6.45, 7) is 0. The Kier molecular flexibility index (Phi) is 4.09. The van der Waals surface area contributed by atoms with Crippen LogP contribution in [-0.2, 0) is 0 Å². The molecule has 0 aliphatic heterocycles. The summed E-state index contributed by atoms with van der Waals surface area (Å²) in [5, 5.41) is 20.6. The molecule has 0 aliphatic rings. The van der Waals surface area contributed by atoms with Crippen molar-refractivity contribution in [3.63, 3.8) is 0 Å². The molecule has 1 amide bonds. The number of anilines is 1. The second-order valence-corrected chi connectivity index (χ2v) is 4.52. The molecule has 3 N–H and O–H groups in total. The number of phenols is 1. The number of amides is 1. The summed E-state index contributed by atoms with van der Waals surface area (Å²) in [4.78, 5) is 23.0. The van der Waals surface area contributed by atoms with Crippen molar-refractivity contribution in [2.24, 2.45) is 0 Å². The molecule has 21 heavy (non-hydrogen) atoms. The first-order valence-electron chi connectivity index (χ1n) is 5.71. The number of carboxylic acid groups (broad SMARTS) is 1. The maximum atomic E-state index is 13.0. The van der Waals surface area contributed by atoms with Crippen molar-refractivity contribution < 1.29 is 24.2 Å². The van der Waals surface area contributed by atoms with Crippen molar-refractivity contribution >= 4 is 29.2 Å². The van der Waals surface area contributed by atoms with Crippen LogP contribution in [-0.4, -0.2) is 22.1 Å². The summed E-state index contributed by atoms with van der Waals surface area (Å²) in [5.74, 6) is -2.90. The molecule has 0 bridgehead atoms. The Bertz CT molecular complexity index is 733. The lowest BCUT2D eigenvalue weighted by Gasteiger charge is -2.09. The fraction of sp³-hybridized carbons (Fsp3) is 0. The molecule has 0 aromatic heterocycles. The first-order chi connectivity index (χ1) is 9.88. The van der Waals surface area contributed by atoms with Gasteiger partial charge in [0.1, 0.15) is 11.6 Å². The number of nitrogens with one attached hydrogen (secondary N) is 1. The predicted molar refractivity (Wildman–Crippen MR) is 74.4 cm³/mol. The van der Waals surface area contributed by atoms with E-state index in [1.807, 2.05) is 0 Å². The van der Waals surface area contributed by atoms with Gasteiger partial charge < -0.3 is 15.5 Å². The average Bonchev–Trinajstić information content (AvgIpc) is 2.43. The summed E-state index contributed by atoms with van der Waals surface area (Å²) in [7, 11) is 0. The van der Waals surface area contributed by atoms with Crippen molar-refractivity contribution in [3.8, 4) is 5.75 Å². The molecule has 0 aliphatic carbocycles. The van der Waals surface area contributed by atoms with Gasteiger partial charge in [0.05, 0.1) is 16.3 Å². The highest BCUT2D eigenvalue weighted by Crippen LogP contribution is 2.24. The number of carbonyl (C=O) groups excluding carboxylic acids is 1. The molecular weight excluding hydrogens is 301 g/mol. The number of benzene rings is 2. The second-order valence-electron chi connectivity index (χ2n) is 4.12. The van der Waals surface area contributed by atoms with Gasteiger partial charge in [0.25, 0.3) is 5.91 Å². The Morgan fingerprint density at radius 1 is 1.14 bits per heavy atom. The standard InChI is InChI=1S/C14H9ClFNO4/c15-10-5-7(1-4-12(10)18)13(19)17-11-3-2-8(16)6-9(11)14(20)21/h1-6,18H,(H,17,19)(H,20,21). The zero-order valence-electron chi connectivity index (χ0n) is 10.4. The van der Waals surface area contributed by atoms with Gasteiger partial charge in [-0.3, -0.25) is 4.79 Å². The van der Waals surface area contributed by atoms with Crippen molar-refractivity contribution in [2.45, 2.75) is 0 Å². The molecule has 2 rings (SSSR count). The van der Waals surface area contributed by atoms with E-state index in [-0.39, 0.29) is 27.6 Å². The van der Waals surface area contributed by atoms with Gasteiger partial charge in [0, 0.05) is 5.56 Å². The van der Waals surface area contributed by atoms with Crippen LogP contribution in [0.2, 0.25) is 5.02 Å². The number of phenolic OH excluding ortho intramolecular Hbond substituents is 1. The minimum Gasteiger partial charge on any atom is -0.506 e. The highest BCUT2D eigenvalue weighted by Gasteiger charge is 2.15. The van der Waals surface area contributed by atoms with Gasteiger partial charge in [-0.15, -0.1) is 0 Å². The number of aromatic hydroxyl groups is 1. The van der Waals surface area contributed by atoms with E-state index in [1.54, 1.807) is 0 Å². The van der Waals surface area contributed by atoms with E-state index in [2.05, 4.69) is 5.32 Å². The van der Waals surface area contributed by atoms with Gasteiger partial charge in [-0.05, 0) is 36.4 Å². The fourth-order valence-electron chi connectivity index (χ4n) is 1.65. The first kappa shape index (κ1) is 14.8. The van der Waals surface area contributed by atoms with Gasteiger partial charge in [-0.25, -0.2) is 9.18 Å². The van der Waals surface area contributed by atoms with Crippen LogP contribution in [0.5, 0.6) is 5.75 Å². The van der Waals surface area contributed by atoms with Crippen LogP contribution in [0.25, 0.3) is 0 Å². The van der Waals surface area contributed by atoms with Gasteiger partial charge in [0.15, 0.2) is 0 Å². The van der Waals surface area contributed by atoms with Crippen LogP contribution in [0.3, 0.4) is 0 Å². The van der Waals surface area contributed by atoms with Crippen molar-refractivity contribution in [1.29, 1.82) is 0 Å². The van der Waals surface area contributed by atoms with Gasteiger partial charge >= 0.3 is 5.97 Å². The molecule has 0 saturated carbocycles. The summed E-state index contributed by atoms with van der Waals surface area (Å²) in [6, 6.07) is 6.78. The van der Waals surface area contributed by atoms with Gasteiger partial charge in [-0.1, -0.05) is 11.6 Å². The third-order valence-electron chi connectivity index (χ3n) is 2.67. The summed E-state index contributed by atoms with van der Waals surface area (Å²) >= 11 is 5.69. The van der Waals surface area contributed by atoms with E-state index < -0.39 is 17.7 Å². The Morgan fingerprint density at radius 2 is 1.86 bits per heavy atom. The highest BCUT2D eigenvalue weighted by molar-refractivity contribution is 6.32. The third kappa shape index (κ3) is 3.29. The molecule has 0 saturated heterocycles. The quantitative estimate of drug-likeness (QED) is 0.813. The zero-order chi connectivity index (χ0) is 15.6. The van der Waals surface area contributed by atoms with Gasteiger partial charge in [0.2, 0.25) is 0 Å². The molecule has 2 aromatic rings. The molecule has 0 radical (unpaired) electrons. The normalized spacial score (nSPS) is 10.2. The van der Waals surface area contributed by atoms with Crippen LogP contribution >= 0.6 is 11.6 Å². The number of hydrogen-bond acceptors (Lipinski definition) is 3. The largest absolute Gasteiger partial charge is 0.506 e. The van der Waals surface area contributed by atoms with E-state index in [0.717, 1.165) is 18.2 Å². The zero-order valence-corrected chi connectivity index (χ0v) is 11.2. The first-order valence-corrected chi connectivity index (χ1v) is 6.09. The monoisotopic (exact) mass is 309 g/mol. The molecule has 7 heteroatoms. The number of hydrogen-bond donors (Lipinski definition) is 3. The van der Waals surface area contributed by atoms with Crippen molar-refractivity contribution in [2.75, 3.05) is 5.32 Å². The molecule has 2 aromatic carbocycles. The lowest BCUT2D eigenvalue weighted by molar-refractivity contribution is 0.0697. The lowest BCUT2D eigenvalue weighted by Crippen LogP contribution is -2.15. The van der Waals surface area contributed by atoms with Crippen LogP contribution in [0.1, 0.15) is 20.7 Å². The predicted octanol–water partition coefficient (Wildman–Crippen LogP) is 3.14. The van der Waals surface area contributed by atoms with Crippen LogP contribution in [0, 0.1) is 5.82 Å². The molecule has 5 nitrogen and oxygen atoms in total. The van der Waals surface area contributed by atoms with Gasteiger partial charge in [-0.2, -0.15) is 0 Å². The number of carboxylic acids is 1. The maximum Gasteiger partial charge on any atom is 0.337 e. The van der Waals surface area contributed by atoms with E-state index in [0.29, 0.717) is 0 Å². The molecule has 0 heterocycles. The molecule has 108 valence electrons. The molecule has 0 atom stereocenters. The summed E-state index contributed by atoms with van der Waals surface area (Å²) < 4.78 is 13.0. The van der Waals surface area contributed by atoms with Crippen molar-refractivity contribution in [1.82, 2.24) is 0 Å². The van der Waals surface area contributed by atoms with E-state index in [4.69, 9.17) is 16.7 Å². The minimum atomic E-state index is -1.37. The number of carbonyl (C=O) groups is 2. The fourth-order valence-corrected chi connectivity index (χ4v) is 1.83. The number of halogens is 2. The average molecular weight is 310 g/mol. The topological polar surface area (TPSA) is 86.6 Å². The second kappa shape index (κ2) is 5.80. The van der Waals surface area contributed by atoms with Crippen LogP contribution < -0.4 is 5.32 Å². The van der Waals surface area contributed by atoms with Crippen LogP contribution in [0.4, 0.5) is 10.1 Å². The summed E-state index contributed by atoms with van der Waals surface area (Å²) in [5.41, 5.74) is -0.287. The van der Waals surface area contributed by atoms with Crippen LogP contribution in [0.15, 0.2) is 36.4 Å². The lowest BCUT2D eigenvalue weighted by atomic mass is 10.1. The molecular formula is C14H9ClFNO4. The maximum absolute atomic E-state index is 13.0. The molecule has 0 unspecified atom stereocenters. The SMILES string of the molecule is O=C(Nc1ccc(F)cc1C(=O)O)c1ccc(O)c(Cl)c1. The highest BCUT2D eigenvalue weighted by atomic mass is 35.5. The summed E-state index contributed by atoms with van der Waals surface area (Å²) in [6.07, 6.45) is 0. The molecule has 0 spiro atoms. The molecule has 0 fully saturated rings. The number of aromatic carboxylic acids is 1. The Balaban J connectivity index is 2.31.